The lowest BCUT2D eigenvalue weighted by atomic mass is 10.1. The Labute approximate surface area is 287 Å². The lowest BCUT2D eigenvalue weighted by Gasteiger charge is -2.13. The van der Waals surface area contributed by atoms with Crippen LogP contribution in [0, 0.1) is 0 Å². The van der Waals surface area contributed by atoms with Crippen LogP contribution in [0.3, 0.4) is 0 Å². The van der Waals surface area contributed by atoms with Gasteiger partial charge in [-0.25, -0.2) is 0 Å². The van der Waals surface area contributed by atoms with Crippen molar-refractivity contribution in [3.8, 4) is 5.75 Å². The average Bonchev–Trinajstić information content (AvgIpc) is 3.07. The number of hydrogen-bond donors (Lipinski definition) is 3. The van der Waals surface area contributed by atoms with E-state index in [4.69, 9.17) is 27.9 Å². The van der Waals surface area contributed by atoms with Crippen molar-refractivity contribution in [3.05, 3.63) is 160 Å². The Balaban J connectivity index is 1.26. The molecule has 10 heteroatoms. The molecular formula is C37H29Cl2N3O4S. The van der Waals surface area contributed by atoms with Crippen molar-refractivity contribution < 1.29 is 19.1 Å². The number of amides is 3. The number of carbonyl (C=O) groups excluding carboxylic acids is 3. The second-order valence-corrected chi connectivity index (χ2v) is 12.1. The maximum absolute atomic E-state index is 13.5. The molecule has 3 amide bonds. The topological polar surface area (TPSA) is 96.5 Å². The van der Waals surface area contributed by atoms with Gasteiger partial charge in [0, 0.05) is 31.9 Å². The Bertz CT molecular complexity index is 1870. The summed E-state index contributed by atoms with van der Waals surface area (Å²) in [5, 5.41) is 9.22. The van der Waals surface area contributed by atoms with E-state index in [2.05, 4.69) is 16.0 Å². The molecule has 0 radical (unpaired) electrons. The van der Waals surface area contributed by atoms with Gasteiger partial charge in [0.05, 0.1) is 5.75 Å². The van der Waals surface area contributed by atoms with Crippen molar-refractivity contribution in [3.63, 3.8) is 0 Å². The highest BCUT2D eigenvalue weighted by Crippen LogP contribution is 2.25. The van der Waals surface area contributed by atoms with E-state index in [9.17, 15) is 14.4 Å². The van der Waals surface area contributed by atoms with Crippen LogP contribution < -0.4 is 20.7 Å². The Morgan fingerprint density at radius 3 is 2.09 bits per heavy atom. The lowest BCUT2D eigenvalue weighted by molar-refractivity contribution is -0.114. The minimum absolute atomic E-state index is 0.0504. The van der Waals surface area contributed by atoms with Gasteiger partial charge < -0.3 is 20.7 Å². The second kappa shape index (κ2) is 16.5. The molecule has 7 nitrogen and oxygen atoms in total. The number of halogens is 2. The highest BCUT2D eigenvalue weighted by Gasteiger charge is 2.16. The molecule has 0 unspecified atom stereocenters. The van der Waals surface area contributed by atoms with Crippen LogP contribution in [-0.4, -0.2) is 23.5 Å². The Kier molecular flexibility index (Phi) is 11.7. The maximum atomic E-state index is 13.5. The number of hydrogen-bond acceptors (Lipinski definition) is 5. The Morgan fingerprint density at radius 2 is 1.38 bits per heavy atom. The fourth-order valence-electron chi connectivity index (χ4n) is 4.34. The smallest absolute Gasteiger partial charge is 0.272 e. The minimum Gasteiger partial charge on any atom is -0.489 e. The normalized spacial score (nSPS) is 11.0. The van der Waals surface area contributed by atoms with Crippen molar-refractivity contribution in [1.82, 2.24) is 5.32 Å². The molecule has 5 aromatic carbocycles. The van der Waals surface area contributed by atoms with E-state index >= 15 is 0 Å². The molecule has 0 aliphatic heterocycles. The minimum atomic E-state index is -0.517. The monoisotopic (exact) mass is 681 g/mol. The van der Waals surface area contributed by atoms with Crippen molar-refractivity contribution in [2.75, 3.05) is 16.4 Å². The van der Waals surface area contributed by atoms with Gasteiger partial charge in [-0.1, -0.05) is 89.9 Å². The first kappa shape index (κ1) is 33.3. The Hall–Kier alpha value is -5.02. The molecule has 47 heavy (non-hydrogen) atoms. The molecule has 0 spiro atoms. The molecular weight excluding hydrogens is 653 g/mol. The van der Waals surface area contributed by atoms with E-state index in [-0.39, 0.29) is 17.4 Å². The Morgan fingerprint density at radius 1 is 0.702 bits per heavy atom. The summed E-state index contributed by atoms with van der Waals surface area (Å²) in [5.74, 6) is -0.398. The molecule has 0 saturated heterocycles. The number of nitrogens with one attached hydrogen (secondary N) is 3. The number of carbonyl (C=O) groups is 3. The number of anilines is 2. The summed E-state index contributed by atoms with van der Waals surface area (Å²) in [7, 11) is 0. The van der Waals surface area contributed by atoms with E-state index in [0.29, 0.717) is 44.9 Å². The molecule has 5 aromatic rings. The molecule has 0 fully saturated rings. The van der Waals surface area contributed by atoms with Gasteiger partial charge in [0.15, 0.2) is 0 Å². The van der Waals surface area contributed by atoms with Gasteiger partial charge in [-0.05, 0) is 77.9 Å². The molecule has 0 aliphatic carbocycles. The zero-order chi connectivity index (χ0) is 33.0. The van der Waals surface area contributed by atoms with Gasteiger partial charge >= 0.3 is 0 Å². The number of thioether (sulfide) groups is 1. The molecule has 3 N–H and O–H groups in total. The fourth-order valence-corrected chi connectivity index (χ4v) is 5.63. The van der Waals surface area contributed by atoms with Crippen LogP contribution in [-0.2, 0) is 16.2 Å². The SMILES string of the molecule is O=C(CSc1cccc(NC(=O)/C(=C\c2ccc(OCc3ccccc3)cc2)NC(=O)c2ccccc2)c1)Nc1cc(Cl)cc(Cl)c1. The molecule has 236 valence electrons. The first-order valence-electron chi connectivity index (χ1n) is 14.5. The largest absolute Gasteiger partial charge is 0.489 e. The molecule has 5 rings (SSSR count). The number of rotatable bonds is 12. The van der Waals surface area contributed by atoms with Crippen LogP contribution in [0.2, 0.25) is 10.0 Å². The average molecular weight is 683 g/mol. The van der Waals surface area contributed by atoms with E-state index < -0.39 is 11.8 Å². The van der Waals surface area contributed by atoms with Crippen LogP contribution in [0.5, 0.6) is 5.75 Å². The van der Waals surface area contributed by atoms with Crippen molar-refractivity contribution >= 4 is 70.1 Å². The van der Waals surface area contributed by atoms with Crippen LogP contribution in [0.4, 0.5) is 11.4 Å². The first-order chi connectivity index (χ1) is 22.8. The van der Waals surface area contributed by atoms with Gasteiger partial charge in [-0.3, -0.25) is 14.4 Å². The zero-order valence-electron chi connectivity index (χ0n) is 24.9. The standard InChI is InChI=1S/C37H29Cl2N3O4S/c38-28-19-29(39)21-31(20-28)40-35(43)24-47-33-13-7-12-30(22-33)41-37(45)34(42-36(44)27-10-5-2-6-11-27)18-25-14-16-32(17-15-25)46-23-26-8-3-1-4-9-26/h1-22H,23-24H2,(H,40,43)(H,41,45)(H,42,44)/b34-18+. The highest BCUT2D eigenvalue weighted by atomic mass is 35.5. The maximum Gasteiger partial charge on any atom is 0.272 e. The molecule has 0 aliphatic rings. The quantitative estimate of drug-likeness (QED) is 0.0904. The van der Waals surface area contributed by atoms with Crippen LogP contribution in [0.1, 0.15) is 21.5 Å². The zero-order valence-corrected chi connectivity index (χ0v) is 27.2. The van der Waals surface area contributed by atoms with Crippen LogP contribution >= 0.6 is 35.0 Å². The van der Waals surface area contributed by atoms with Gasteiger partial charge in [-0.15, -0.1) is 11.8 Å². The van der Waals surface area contributed by atoms with Crippen LogP contribution in [0.15, 0.2) is 138 Å². The van der Waals surface area contributed by atoms with E-state index in [1.165, 1.54) is 11.8 Å². The second-order valence-electron chi connectivity index (χ2n) is 10.2. The highest BCUT2D eigenvalue weighted by molar-refractivity contribution is 8.00. The third-order valence-electron chi connectivity index (χ3n) is 6.58. The third kappa shape index (κ3) is 10.5. The van der Waals surface area contributed by atoms with Crippen LogP contribution in [0.25, 0.3) is 6.08 Å². The first-order valence-corrected chi connectivity index (χ1v) is 16.2. The molecule has 0 aromatic heterocycles. The third-order valence-corrected chi connectivity index (χ3v) is 8.01. The molecule has 0 heterocycles. The van der Waals surface area contributed by atoms with Gasteiger partial charge in [0.2, 0.25) is 5.91 Å². The van der Waals surface area contributed by atoms with E-state index in [1.54, 1.807) is 78.9 Å². The van der Waals surface area contributed by atoms with Gasteiger partial charge in [0.1, 0.15) is 18.1 Å². The predicted molar refractivity (Wildman–Crippen MR) is 190 cm³/mol. The summed E-state index contributed by atoms with van der Waals surface area (Å²) >= 11 is 13.3. The summed E-state index contributed by atoms with van der Waals surface area (Å²) in [5.41, 5.74) is 3.19. The lowest BCUT2D eigenvalue weighted by Crippen LogP contribution is -2.30. The summed E-state index contributed by atoms with van der Waals surface area (Å²) in [6, 6.07) is 37.6. The molecule has 0 bridgehead atoms. The summed E-state index contributed by atoms with van der Waals surface area (Å²) in [6.45, 7) is 0.426. The van der Waals surface area contributed by atoms with E-state index in [1.807, 2.05) is 54.6 Å². The van der Waals surface area contributed by atoms with Crippen molar-refractivity contribution in [2.24, 2.45) is 0 Å². The summed E-state index contributed by atoms with van der Waals surface area (Å²) in [4.78, 5) is 39.9. The summed E-state index contributed by atoms with van der Waals surface area (Å²) in [6.07, 6.45) is 1.60. The van der Waals surface area contributed by atoms with Gasteiger partial charge in [-0.2, -0.15) is 0 Å². The van der Waals surface area contributed by atoms with E-state index in [0.717, 1.165) is 10.5 Å². The number of ether oxygens (including phenoxy) is 1. The molecule has 0 saturated carbocycles. The fraction of sp³-hybridized carbons (Fsp3) is 0.0541. The predicted octanol–water partition coefficient (Wildman–Crippen LogP) is 8.71. The molecule has 0 atom stereocenters. The summed E-state index contributed by atoms with van der Waals surface area (Å²) < 4.78 is 5.88. The van der Waals surface area contributed by atoms with Crippen molar-refractivity contribution in [1.29, 1.82) is 0 Å². The number of benzene rings is 5. The van der Waals surface area contributed by atoms with Crippen molar-refractivity contribution in [2.45, 2.75) is 11.5 Å². The van der Waals surface area contributed by atoms with Gasteiger partial charge in [0.25, 0.3) is 11.8 Å².